The van der Waals surface area contributed by atoms with Gasteiger partial charge in [0.1, 0.15) is 0 Å². The van der Waals surface area contributed by atoms with Crippen LogP contribution in [-0.2, 0) is 9.53 Å². The lowest BCUT2D eigenvalue weighted by Gasteiger charge is -2.09. The summed E-state index contributed by atoms with van der Waals surface area (Å²) in [6.45, 7) is 1.14. The Labute approximate surface area is 142 Å². The van der Waals surface area contributed by atoms with Crippen molar-refractivity contribution >= 4 is 23.3 Å². The number of benzene rings is 2. The van der Waals surface area contributed by atoms with Crippen molar-refractivity contribution in [3.8, 4) is 6.07 Å². The molecule has 2 aromatic rings. The fraction of sp³-hybridized carbons (Fsp3) is 0.118. The van der Waals surface area contributed by atoms with Gasteiger partial charge in [-0.15, -0.1) is 0 Å². The van der Waals surface area contributed by atoms with Crippen LogP contribution in [0.3, 0.4) is 0 Å². The summed E-state index contributed by atoms with van der Waals surface area (Å²) in [6.07, 6.45) is 0. The number of hydrogen-bond donors (Lipinski definition) is 1. The summed E-state index contributed by atoms with van der Waals surface area (Å²) in [6, 6.07) is 11.8. The molecular formula is C17H13N3O5. The highest BCUT2D eigenvalue weighted by Crippen LogP contribution is 2.21. The molecule has 8 heteroatoms. The fourth-order valence-corrected chi connectivity index (χ4v) is 1.94. The van der Waals surface area contributed by atoms with Gasteiger partial charge in [-0.05, 0) is 36.8 Å². The number of non-ortho nitro benzene ring substituents is 1. The van der Waals surface area contributed by atoms with Crippen LogP contribution in [0.4, 0.5) is 11.4 Å². The van der Waals surface area contributed by atoms with Crippen LogP contribution in [0, 0.1) is 28.4 Å². The summed E-state index contributed by atoms with van der Waals surface area (Å²) in [5, 5.41) is 21.9. The molecule has 0 heterocycles. The van der Waals surface area contributed by atoms with Gasteiger partial charge in [0, 0.05) is 12.1 Å². The Morgan fingerprint density at radius 1 is 1.24 bits per heavy atom. The average molecular weight is 339 g/mol. The molecule has 0 aliphatic rings. The van der Waals surface area contributed by atoms with Crippen molar-refractivity contribution < 1.29 is 19.2 Å². The van der Waals surface area contributed by atoms with Crippen molar-refractivity contribution in [2.45, 2.75) is 6.92 Å². The van der Waals surface area contributed by atoms with E-state index < -0.39 is 23.4 Å². The molecule has 1 N–H and O–H groups in total. The van der Waals surface area contributed by atoms with E-state index in [-0.39, 0.29) is 16.9 Å². The highest BCUT2D eigenvalue weighted by Gasteiger charge is 2.13. The molecule has 126 valence electrons. The van der Waals surface area contributed by atoms with Crippen LogP contribution in [0.25, 0.3) is 0 Å². The van der Waals surface area contributed by atoms with Gasteiger partial charge in [-0.3, -0.25) is 14.9 Å². The van der Waals surface area contributed by atoms with E-state index in [1.54, 1.807) is 6.92 Å². The minimum Gasteiger partial charge on any atom is -0.452 e. The summed E-state index contributed by atoms with van der Waals surface area (Å²) in [5.41, 5.74) is 1.36. The number of anilines is 1. The summed E-state index contributed by atoms with van der Waals surface area (Å²) >= 11 is 0. The van der Waals surface area contributed by atoms with E-state index in [4.69, 9.17) is 10.00 Å². The summed E-state index contributed by atoms with van der Waals surface area (Å²) < 4.78 is 4.89. The van der Waals surface area contributed by atoms with Gasteiger partial charge in [-0.2, -0.15) is 5.26 Å². The van der Waals surface area contributed by atoms with Crippen molar-refractivity contribution in [2.24, 2.45) is 0 Å². The molecule has 1 amide bonds. The first-order valence-corrected chi connectivity index (χ1v) is 7.13. The second kappa shape index (κ2) is 7.70. The molecule has 0 atom stereocenters. The number of esters is 1. The van der Waals surface area contributed by atoms with Crippen LogP contribution >= 0.6 is 0 Å². The molecule has 0 aliphatic heterocycles. The first kappa shape index (κ1) is 17.6. The second-order valence-corrected chi connectivity index (χ2v) is 5.07. The first-order chi connectivity index (χ1) is 11.9. The minimum atomic E-state index is -0.713. The Kier molecular flexibility index (Phi) is 5.43. The summed E-state index contributed by atoms with van der Waals surface area (Å²) in [4.78, 5) is 33.9. The number of nitrogens with one attached hydrogen (secondary N) is 1. The zero-order chi connectivity index (χ0) is 18.4. The fourth-order valence-electron chi connectivity index (χ4n) is 1.94. The van der Waals surface area contributed by atoms with Crippen LogP contribution in [0.5, 0.6) is 0 Å². The molecule has 0 spiro atoms. The lowest BCUT2D eigenvalue weighted by Crippen LogP contribution is -2.21. The summed E-state index contributed by atoms with van der Waals surface area (Å²) in [5.74, 6) is -1.33. The maximum absolute atomic E-state index is 11.9. The molecule has 0 radical (unpaired) electrons. The molecule has 0 aromatic heterocycles. The number of carbonyl (C=O) groups is 2. The number of nitrogens with zero attached hydrogens (tertiary/aromatic N) is 2. The van der Waals surface area contributed by atoms with Crippen LogP contribution in [-0.4, -0.2) is 23.4 Å². The van der Waals surface area contributed by atoms with Crippen molar-refractivity contribution in [3.63, 3.8) is 0 Å². The first-order valence-electron chi connectivity index (χ1n) is 7.13. The number of carbonyl (C=O) groups excluding carboxylic acids is 2. The topological polar surface area (TPSA) is 122 Å². The van der Waals surface area contributed by atoms with Crippen molar-refractivity contribution in [2.75, 3.05) is 11.9 Å². The van der Waals surface area contributed by atoms with Gasteiger partial charge in [-0.1, -0.05) is 6.07 Å². The van der Waals surface area contributed by atoms with Crippen molar-refractivity contribution in [1.29, 1.82) is 5.26 Å². The molecule has 0 aliphatic carbocycles. The maximum atomic E-state index is 11.9. The minimum absolute atomic E-state index is 0.157. The largest absolute Gasteiger partial charge is 0.452 e. The molecule has 2 aromatic carbocycles. The van der Waals surface area contributed by atoms with E-state index in [0.29, 0.717) is 11.1 Å². The Balaban J connectivity index is 1.96. The Hall–Kier alpha value is -3.73. The van der Waals surface area contributed by atoms with E-state index in [1.165, 1.54) is 42.5 Å². The highest BCUT2D eigenvalue weighted by atomic mass is 16.6. The number of ether oxygens (including phenoxy) is 1. The van der Waals surface area contributed by atoms with Gasteiger partial charge < -0.3 is 10.1 Å². The summed E-state index contributed by atoms with van der Waals surface area (Å²) in [7, 11) is 0. The Morgan fingerprint density at radius 2 is 1.92 bits per heavy atom. The third kappa shape index (κ3) is 4.62. The van der Waals surface area contributed by atoms with Gasteiger partial charge in [0.25, 0.3) is 11.6 Å². The van der Waals surface area contributed by atoms with Gasteiger partial charge in [0.15, 0.2) is 6.61 Å². The smallest absolute Gasteiger partial charge is 0.338 e. The third-order valence-electron chi connectivity index (χ3n) is 3.29. The standard InChI is InChI=1S/C17H13N3O5/c1-11-2-7-14(20(23)24)8-15(11)19-16(21)10-25-17(22)13-5-3-12(9-18)4-6-13/h2-8H,10H2,1H3,(H,19,21). The quantitative estimate of drug-likeness (QED) is 0.507. The molecule has 0 unspecified atom stereocenters. The lowest BCUT2D eigenvalue weighted by atomic mass is 10.1. The van der Waals surface area contributed by atoms with Crippen molar-refractivity contribution in [3.05, 3.63) is 69.3 Å². The Bertz CT molecular complexity index is 869. The number of aryl methyl sites for hydroxylation is 1. The predicted molar refractivity (Wildman–Crippen MR) is 87.9 cm³/mol. The molecule has 0 saturated carbocycles. The number of nitro groups is 1. The SMILES string of the molecule is Cc1ccc([N+](=O)[O-])cc1NC(=O)COC(=O)c1ccc(C#N)cc1. The zero-order valence-corrected chi connectivity index (χ0v) is 13.2. The predicted octanol–water partition coefficient (Wildman–Crippen LogP) is 2.57. The number of nitro benzene ring substituents is 1. The van der Waals surface area contributed by atoms with Gasteiger partial charge in [0.05, 0.1) is 27.8 Å². The van der Waals surface area contributed by atoms with E-state index in [0.717, 1.165) is 0 Å². The molecule has 0 bridgehead atoms. The lowest BCUT2D eigenvalue weighted by molar-refractivity contribution is -0.384. The number of hydrogen-bond acceptors (Lipinski definition) is 6. The van der Waals surface area contributed by atoms with Crippen LogP contribution in [0.15, 0.2) is 42.5 Å². The molecular weight excluding hydrogens is 326 g/mol. The van der Waals surface area contributed by atoms with Crippen LogP contribution < -0.4 is 5.32 Å². The second-order valence-electron chi connectivity index (χ2n) is 5.07. The van der Waals surface area contributed by atoms with Crippen molar-refractivity contribution in [1.82, 2.24) is 0 Å². The van der Waals surface area contributed by atoms with Crippen LogP contribution in [0.1, 0.15) is 21.5 Å². The number of amides is 1. The molecule has 2 rings (SSSR count). The van der Waals surface area contributed by atoms with Gasteiger partial charge in [-0.25, -0.2) is 4.79 Å². The maximum Gasteiger partial charge on any atom is 0.338 e. The normalized spacial score (nSPS) is 9.76. The van der Waals surface area contributed by atoms with E-state index in [9.17, 15) is 19.7 Å². The molecule has 0 fully saturated rings. The number of rotatable bonds is 5. The molecule has 0 saturated heterocycles. The number of nitriles is 1. The zero-order valence-electron chi connectivity index (χ0n) is 13.2. The third-order valence-corrected chi connectivity index (χ3v) is 3.29. The van der Waals surface area contributed by atoms with Gasteiger partial charge in [0.2, 0.25) is 0 Å². The molecule has 8 nitrogen and oxygen atoms in total. The average Bonchev–Trinajstić information content (AvgIpc) is 2.61. The molecule has 25 heavy (non-hydrogen) atoms. The van der Waals surface area contributed by atoms with E-state index in [2.05, 4.69) is 5.32 Å². The Morgan fingerprint density at radius 3 is 2.52 bits per heavy atom. The highest BCUT2D eigenvalue weighted by molar-refractivity contribution is 5.96. The van der Waals surface area contributed by atoms with E-state index >= 15 is 0 Å². The van der Waals surface area contributed by atoms with Crippen LogP contribution in [0.2, 0.25) is 0 Å². The monoisotopic (exact) mass is 339 g/mol. The van der Waals surface area contributed by atoms with E-state index in [1.807, 2.05) is 6.07 Å². The van der Waals surface area contributed by atoms with Gasteiger partial charge >= 0.3 is 5.97 Å².